The molecule has 0 aromatic carbocycles. The van der Waals surface area contributed by atoms with Crippen LogP contribution in [0.15, 0.2) is 17.5 Å². The van der Waals surface area contributed by atoms with Crippen LogP contribution < -0.4 is 5.32 Å². The Bertz CT molecular complexity index is 405. The van der Waals surface area contributed by atoms with Crippen molar-refractivity contribution in [2.75, 3.05) is 20.1 Å². The zero-order chi connectivity index (χ0) is 12.3. The highest BCUT2D eigenvalue weighted by Crippen LogP contribution is 2.10. The molecule has 1 aromatic heterocycles. The average Bonchev–Trinajstić information content (AvgIpc) is 2.87. The molecular formula is C11H14N2O3S. The molecule has 5 nitrogen and oxygen atoms in total. The van der Waals surface area contributed by atoms with E-state index in [0.717, 1.165) is 4.88 Å². The number of nitrogens with one attached hydrogen (secondary N) is 1. The second kappa shape index (κ2) is 5.18. The zero-order valence-electron chi connectivity index (χ0n) is 9.51. The van der Waals surface area contributed by atoms with E-state index < -0.39 is 0 Å². The van der Waals surface area contributed by atoms with Crippen molar-refractivity contribution in [3.8, 4) is 0 Å². The third kappa shape index (κ3) is 3.20. The number of amides is 2. The van der Waals surface area contributed by atoms with Gasteiger partial charge in [0, 0.05) is 11.9 Å². The van der Waals surface area contributed by atoms with E-state index in [9.17, 15) is 9.59 Å². The van der Waals surface area contributed by atoms with Crippen molar-refractivity contribution in [3.63, 3.8) is 0 Å². The second-order valence-electron chi connectivity index (χ2n) is 3.95. The first kappa shape index (κ1) is 11.9. The van der Waals surface area contributed by atoms with Gasteiger partial charge in [-0.3, -0.25) is 4.79 Å². The van der Waals surface area contributed by atoms with E-state index in [1.54, 1.807) is 18.4 Å². The van der Waals surface area contributed by atoms with Crippen molar-refractivity contribution in [1.82, 2.24) is 10.2 Å². The van der Waals surface area contributed by atoms with Gasteiger partial charge in [-0.2, -0.15) is 0 Å². The van der Waals surface area contributed by atoms with Gasteiger partial charge in [-0.1, -0.05) is 6.07 Å². The number of rotatable bonds is 4. The summed E-state index contributed by atoms with van der Waals surface area (Å²) in [5.74, 6) is -0.0435. The van der Waals surface area contributed by atoms with E-state index in [1.165, 1.54) is 4.90 Å². The van der Waals surface area contributed by atoms with Crippen molar-refractivity contribution >= 4 is 23.3 Å². The maximum Gasteiger partial charge on any atom is 0.410 e. The fourth-order valence-corrected chi connectivity index (χ4v) is 2.32. The Kier molecular flexibility index (Phi) is 3.63. The number of hydrogen-bond donors (Lipinski definition) is 1. The molecule has 1 aliphatic rings. The first-order valence-electron chi connectivity index (χ1n) is 5.36. The van der Waals surface area contributed by atoms with Gasteiger partial charge in [-0.05, 0) is 11.4 Å². The van der Waals surface area contributed by atoms with Crippen LogP contribution >= 0.6 is 11.3 Å². The third-order valence-electron chi connectivity index (χ3n) is 2.50. The predicted octanol–water partition coefficient (Wildman–Crippen LogP) is 0.857. The number of cyclic esters (lactones) is 1. The molecule has 1 fully saturated rings. The molecule has 1 aliphatic heterocycles. The van der Waals surface area contributed by atoms with Crippen LogP contribution in [0.25, 0.3) is 0 Å². The first-order valence-corrected chi connectivity index (χ1v) is 6.24. The molecule has 92 valence electrons. The van der Waals surface area contributed by atoms with E-state index in [0.29, 0.717) is 19.5 Å². The average molecular weight is 254 g/mol. The number of carbonyl (C=O) groups excluding carboxylic acids is 2. The fourth-order valence-electron chi connectivity index (χ4n) is 1.62. The smallest absolute Gasteiger partial charge is 0.410 e. The van der Waals surface area contributed by atoms with E-state index in [1.807, 2.05) is 17.5 Å². The molecule has 1 N–H and O–H groups in total. The lowest BCUT2D eigenvalue weighted by Crippen LogP contribution is -2.34. The SMILES string of the molecule is CN1CC(CNC(=O)Cc2cccs2)OC1=O. The molecule has 0 radical (unpaired) electrons. The van der Waals surface area contributed by atoms with Crippen molar-refractivity contribution in [2.24, 2.45) is 0 Å². The monoisotopic (exact) mass is 254 g/mol. The Labute approximate surface area is 103 Å². The van der Waals surface area contributed by atoms with Gasteiger partial charge in [0.2, 0.25) is 5.91 Å². The summed E-state index contributed by atoms with van der Waals surface area (Å²) in [6.07, 6.45) is -0.184. The zero-order valence-corrected chi connectivity index (χ0v) is 10.3. The molecule has 0 saturated carbocycles. The summed E-state index contributed by atoms with van der Waals surface area (Å²) in [6.45, 7) is 0.901. The molecule has 1 aromatic rings. The van der Waals surface area contributed by atoms with Gasteiger partial charge in [-0.25, -0.2) is 4.79 Å². The summed E-state index contributed by atoms with van der Waals surface area (Å²) >= 11 is 1.56. The van der Waals surface area contributed by atoms with Crippen LogP contribution in [0, 0.1) is 0 Å². The van der Waals surface area contributed by atoms with Gasteiger partial charge in [-0.15, -0.1) is 11.3 Å². The minimum atomic E-state index is -0.331. The molecule has 1 unspecified atom stereocenters. The minimum Gasteiger partial charge on any atom is -0.442 e. The number of likely N-dealkylation sites (N-methyl/N-ethyl adjacent to an activating group) is 1. The summed E-state index contributed by atoms with van der Waals surface area (Å²) in [7, 11) is 1.68. The lowest BCUT2D eigenvalue weighted by Gasteiger charge is -2.09. The van der Waals surface area contributed by atoms with Gasteiger partial charge in [0.15, 0.2) is 0 Å². The summed E-state index contributed by atoms with van der Waals surface area (Å²) in [4.78, 5) is 25.2. The number of carbonyl (C=O) groups is 2. The Balaban J connectivity index is 1.72. The fraction of sp³-hybridized carbons (Fsp3) is 0.455. The number of nitrogens with zero attached hydrogens (tertiary/aromatic N) is 1. The van der Waals surface area contributed by atoms with Crippen LogP contribution in [0.5, 0.6) is 0 Å². The highest BCUT2D eigenvalue weighted by molar-refractivity contribution is 7.10. The highest BCUT2D eigenvalue weighted by atomic mass is 32.1. The van der Waals surface area contributed by atoms with Crippen molar-refractivity contribution in [1.29, 1.82) is 0 Å². The molecular weight excluding hydrogens is 240 g/mol. The lowest BCUT2D eigenvalue weighted by atomic mass is 10.3. The van der Waals surface area contributed by atoms with Gasteiger partial charge >= 0.3 is 6.09 Å². The largest absolute Gasteiger partial charge is 0.442 e. The Morgan fingerprint density at radius 2 is 2.53 bits per heavy atom. The first-order chi connectivity index (χ1) is 8.15. The van der Waals surface area contributed by atoms with Crippen LogP contribution in [0.3, 0.4) is 0 Å². The standard InChI is InChI=1S/C11H14N2O3S/c1-13-7-8(16-11(13)15)6-12-10(14)5-9-3-2-4-17-9/h2-4,8H,5-7H2,1H3,(H,12,14). The molecule has 0 bridgehead atoms. The predicted molar refractivity (Wildman–Crippen MR) is 63.9 cm³/mol. The third-order valence-corrected chi connectivity index (χ3v) is 3.37. The topological polar surface area (TPSA) is 58.6 Å². The maximum atomic E-state index is 11.6. The number of ether oxygens (including phenoxy) is 1. The number of thiophene rings is 1. The highest BCUT2D eigenvalue weighted by Gasteiger charge is 2.28. The molecule has 17 heavy (non-hydrogen) atoms. The lowest BCUT2D eigenvalue weighted by molar-refractivity contribution is -0.120. The van der Waals surface area contributed by atoms with Gasteiger partial charge < -0.3 is 15.0 Å². The Morgan fingerprint density at radius 1 is 1.71 bits per heavy atom. The van der Waals surface area contributed by atoms with Crippen LogP contribution in [-0.2, 0) is 16.0 Å². The summed E-state index contributed by atoms with van der Waals surface area (Å²) in [5, 5.41) is 4.71. The summed E-state index contributed by atoms with van der Waals surface area (Å²) < 4.78 is 5.03. The Hall–Kier alpha value is -1.56. The summed E-state index contributed by atoms with van der Waals surface area (Å²) in [6, 6.07) is 3.84. The van der Waals surface area contributed by atoms with Crippen molar-refractivity contribution in [3.05, 3.63) is 22.4 Å². The van der Waals surface area contributed by atoms with E-state index in [-0.39, 0.29) is 18.1 Å². The molecule has 0 aliphatic carbocycles. The van der Waals surface area contributed by atoms with Crippen LogP contribution in [-0.4, -0.2) is 43.1 Å². The van der Waals surface area contributed by atoms with Crippen LogP contribution in [0.4, 0.5) is 4.79 Å². The molecule has 2 rings (SSSR count). The minimum absolute atomic E-state index is 0.0435. The Morgan fingerprint density at radius 3 is 3.12 bits per heavy atom. The second-order valence-corrected chi connectivity index (χ2v) is 4.98. The molecule has 1 atom stereocenters. The molecule has 0 spiro atoms. The van der Waals surface area contributed by atoms with Crippen molar-refractivity contribution in [2.45, 2.75) is 12.5 Å². The normalized spacial score (nSPS) is 19.2. The van der Waals surface area contributed by atoms with Crippen LogP contribution in [0.1, 0.15) is 4.88 Å². The van der Waals surface area contributed by atoms with Crippen LogP contribution in [0.2, 0.25) is 0 Å². The molecule has 2 amide bonds. The molecule has 2 heterocycles. The van der Waals surface area contributed by atoms with E-state index in [2.05, 4.69) is 5.32 Å². The van der Waals surface area contributed by atoms with E-state index in [4.69, 9.17) is 4.74 Å². The molecule has 6 heteroatoms. The van der Waals surface area contributed by atoms with Gasteiger partial charge in [0.25, 0.3) is 0 Å². The molecule has 1 saturated heterocycles. The van der Waals surface area contributed by atoms with Gasteiger partial charge in [0.1, 0.15) is 6.10 Å². The quantitative estimate of drug-likeness (QED) is 0.867. The number of hydrogen-bond acceptors (Lipinski definition) is 4. The van der Waals surface area contributed by atoms with E-state index >= 15 is 0 Å². The summed E-state index contributed by atoms with van der Waals surface area (Å²) in [5.41, 5.74) is 0. The van der Waals surface area contributed by atoms with Gasteiger partial charge in [0.05, 0.1) is 19.5 Å². The maximum absolute atomic E-state index is 11.6. The van der Waals surface area contributed by atoms with Crippen molar-refractivity contribution < 1.29 is 14.3 Å².